The summed E-state index contributed by atoms with van der Waals surface area (Å²) in [5, 5.41) is 12.1. The van der Waals surface area contributed by atoms with E-state index in [1.54, 1.807) is 56.3 Å². The summed E-state index contributed by atoms with van der Waals surface area (Å²) >= 11 is 0. The van der Waals surface area contributed by atoms with Crippen LogP contribution >= 0.6 is 0 Å². The first kappa shape index (κ1) is 20.2. The summed E-state index contributed by atoms with van der Waals surface area (Å²) < 4.78 is 5.26. The number of hydrogen-bond acceptors (Lipinski definition) is 4. The molecule has 0 aliphatic rings. The molecule has 0 unspecified atom stereocenters. The lowest BCUT2D eigenvalue weighted by Crippen LogP contribution is -2.28. The van der Waals surface area contributed by atoms with Crippen LogP contribution in [0.1, 0.15) is 42.3 Å². The third-order valence-electron chi connectivity index (χ3n) is 4.46. The molecule has 0 heterocycles. The summed E-state index contributed by atoms with van der Waals surface area (Å²) in [4.78, 5) is 35.2. The van der Waals surface area contributed by atoms with Crippen LogP contribution in [-0.4, -0.2) is 29.9 Å². The molecule has 0 aliphatic carbocycles. The van der Waals surface area contributed by atoms with Gasteiger partial charge in [-0.15, -0.1) is 0 Å². The average Bonchev–Trinajstić information content (AvgIpc) is 2.61. The van der Waals surface area contributed by atoms with Crippen molar-refractivity contribution in [1.29, 1.82) is 0 Å². The maximum Gasteiger partial charge on any atom is 0.313 e. The van der Waals surface area contributed by atoms with Gasteiger partial charge in [0, 0.05) is 16.8 Å². The zero-order valence-corrected chi connectivity index (χ0v) is 15.8. The normalized spacial score (nSPS) is 11.0. The van der Waals surface area contributed by atoms with Crippen molar-refractivity contribution < 1.29 is 24.2 Å². The number of rotatable bonds is 7. The number of carboxylic acids is 1. The molecule has 0 bridgehead atoms. The Labute approximate surface area is 158 Å². The first-order chi connectivity index (χ1) is 12.6. The van der Waals surface area contributed by atoms with Gasteiger partial charge in [0.25, 0.3) is 0 Å². The molecule has 2 aromatic carbocycles. The zero-order valence-electron chi connectivity index (χ0n) is 15.8. The molecule has 0 aliphatic heterocycles. The van der Waals surface area contributed by atoms with Gasteiger partial charge in [-0.3, -0.25) is 14.4 Å². The Hall–Kier alpha value is -3.15. The number of anilines is 1. The number of ether oxygens (including phenoxy) is 1. The molecule has 2 rings (SSSR count). The van der Waals surface area contributed by atoms with Crippen LogP contribution in [0.25, 0.3) is 0 Å². The van der Waals surface area contributed by atoms with Gasteiger partial charge in [0.05, 0.1) is 18.9 Å². The molecule has 6 heteroatoms. The number of amides is 1. The molecule has 1 amide bonds. The van der Waals surface area contributed by atoms with Gasteiger partial charge in [0.15, 0.2) is 5.78 Å². The fourth-order valence-electron chi connectivity index (χ4n) is 2.61. The summed E-state index contributed by atoms with van der Waals surface area (Å²) in [6.45, 7) is 4.71. The fraction of sp³-hybridized carbons (Fsp3) is 0.286. The SMILES string of the molecule is COc1ccc(C(C)=O)cc1CC(=O)Nc1ccc(C(C)(C)C(=O)O)cc1. The highest BCUT2D eigenvalue weighted by molar-refractivity contribution is 5.96. The summed E-state index contributed by atoms with van der Waals surface area (Å²) in [6.07, 6.45) is 0.0483. The first-order valence-electron chi connectivity index (χ1n) is 8.46. The summed E-state index contributed by atoms with van der Waals surface area (Å²) in [5.74, 6) is -0.736. The van der Waals surface area contributed by atoms with E-state index in [9.17, 15) is 19.5 Å². The number of carbonyl (C=O) groups is 3. The standard InChI is InChI=1S/C21H23NO5/c1-13(23)14-5-10-18(27-4)15(11-14)12-19(24)22-17-8-6-16(7-9-17)21(2,3)20(25)26/h5-11H,12H2,1-4H3,(H,22,24)(H,25,26). The monoisotopic (exact) mass is 369 g/mol. The molecule has 2 aromatic rings. The Morgan fingerprint density at radius 3 is 2.22 bits per heavy atom. The lowest BCUT2D eigenvalue weighted by molar-refractivity contribution is -0.142. The van der Waals surface area contributed by atoms with Gasteiger partial charge in [0.2, 0.25) is 5.91 Å². The minimum Gasteiger partial charge on any atom is -0.496 e. The molecule has 0 saturated carbocycles. The van der Waals surface area contributed by atoms with Crippen LogP contribution in [-0.2, 0) is 21.4 Å². The number of aliphatic carboxylic acids is 1. The topological polar surface area (TPSA) is 92.7 Å². The molecule has 6 nitrogen and oxygen atoms in total. The Morgan fingerprint density at radius 2 is 1.70 bits per heavy atom. The van der Waals surface area contributed by atoms with E-state index < -0.39 is 11.4 Å². The molecule has 142 valence electrons. The number of benzene rings is 2. The number of hydrogen-bond donors (Lipinski definition) is 2. The van der Waals surface area contributed by atoms with Gasteiger partial charge >= 0.3 is 5.97 Å². The molecule has 0 saturated heterocycles. The summed E-state index contributed by atoms with van der Waals surface area (Å²) in [5.41, 5.74) is 1.32. The zero-order chi connectivity index (χ0) is 20.2. The Morgan fingerprint density at radius 1 is 1.07 bits per heavy atom. The van der Waals surface area contributed by atoms with Crippen LogP contribution in [0.15, 0.2) is 42.5 Å². The molecule has 27 heavy (non-hydrogen) atoms. The summed E-state index contributed by atoms with van der Waals surface area (Å²) in [7, 11) is 1.51. The highest BCUT2D eigenvalue weighted by Crippen LogP contribution is 2.25. The molecule has 0 aromatic heterocycles. The average molecular weight is 369 g/mol. The van der Waals surface area contributed by atoms with Gasteiger partial charge in [-0.1, -0.05) is 12.1 Å². The molecule has 0 atom stereocenters. The Kier molecular flexibility index (Phi) is 6.00. The fourth-order valence-corrected chi connectivity index (χ4v) is 2.61. The Balaban J connectivity index is 2.13. The number of nitrogens with one attached hydrogen (secondary N) is 1. The first-order valence-corrected chi connectivity index (χ1v) is 8.46. The third kappa shape index (κ3) is 4.73. The van der Waals surface area contributed by atoms with E-state index in [0.717, 1.165) is 0 Å². The van der Waals surface area contributed by atoms with Crippen LogP contribution in [0.3, 0.4) is 0 Å². The second kappa shape index (κ2) is 8.03. The largest absolute Gasteiger partial charge is 0.496 e. The van der Waals surface area contributed by atoms with E-state index in [4.69, 9.17) is 4.74 Å². The van der Waals surface area contributed by atoms with Gasteiger partial charge in [-0.2, -0.15) is 0 Å². The van der Waals surface area contributed by atoms with E-state index >= 15 is 0 Å². The van der Waals surface area contributed by atoms with Crippen molar-refractivity contribution in [2.24, 2.45) is 0 Å². The second-order valence-electron chi connectivity index (χ2n) is 6.82. The highest BCUT2D eigenvalue weighted by Gasteiger charge is 2.29. The lowest BCUT2D eigenvalue weighted by atomic mass is 9.85. The predicted molar refractivity (Wildman–Crippen MR) is 102 cm³/mol. The molecular formula is C21H23NO5. The van der Waals surface area contributed by atoms with Gasteiger partial charge < -0.3 is 15.2 Å². The number of Topliss-reactive ketones (excluding diaryl/α,β-unsaturated/α-hetero) is 1. The maximum absolute atomic E-state index is 12.4. The summed E-state index contributed by atoms with van der Waals surface area (Å²) in [6, 6.07) is 11.7. The van der Waals surface area contributed by atoms with Gasteiger partial charge in [-0.05, 0) is 56.7 Å². The van der Waals surface area contributed by atoms with Gasteiger partial charge in [-0.25, -0.2) is 0 Å². The van der Waals surface area contributed by atoms with Gasteiger partial charge in [0.1, 0.15) is 5.75 Å². The maximum atomic E-state index is 12.4. The number of methoxy groups -OCH3 is 1. The van der Waals surface area contributed by atoms with Crippen LogP contribution in [0, 0.1) is 0 Å². The van der Waals surface area contributed by atoms with Crippen molar-refractivity contribution >= 4 is 23.3 Å². The van der Waals surface area contributed by atoms with Crippen molar-refractivity contribution in [2.75, 3.05) is 12.4 Å². The van der Waals surface area contributed by atoms with Crippen molar-refractivity contribution in [3.05, 3.63) is 59.2 Å². The van der Waals surface area contributed by atoms with E-state index in [0.29, 0.717) is 28.1 Å². The third-order valence-corrected chi connectivity index (χ3v) is 4.46. The molecule has 0 radical (unpaired) electrons. The quantitative estimate of drug-likeness (QED) is 0.729. The van der Waals surface area contributed by atoms with E-state index in [-0.39, 0.29) is 18.1 Å². The predicted octanol–water partition coefficient (Wildman–Crippen LogP) is 3.44. The smallest absolute Gasteiger partial charge is 0.313 e. The highest BCUT2D eigenvalue weighted by atomic mass is 16.5. The lowest BCUT2D eigenvalue weighted by Gasteiger charge is -2.20. The molecule has 0 spiro atoms. The van der Waals surface area contributed by atoms with Crippen molar-refractivity contribution in [2.45, 2.75) is 32.6 Å². The minimum atomic E-state index is -1.01. The molecular weight excluding hydrogens is 346 g/mol. The molecule has 2 N–H and O–H groups in total. The molecule has 0 fully saturated rings. The van der Waals surface area contributed by atoms with Crippen LogP contribution in [0.5, 0.6) is 5.75 Å². The van der Waals surface area contributed by atoms with Crippen molar-refractivity contribution in [1.82, 2.24) is 0 Å². The number of ketones is 1. The van der Waals surface area contributed by atoms with E-state index in [2.05, 4.69) is 5.32 Å². The van der Waals surface area contributed by atoms with Crippen LogP contribution in [0.2, 0.25) is 0 Å². The Bertz CT molecular complexity index is 869. The van der Waals surface area contributed by atoms with Crippen molar-refractivity contribution in [3.8, 4) is 5.75 Å². The van der Waals surface area contributed by atoms with Crippen LogP contribution < -0.4 is 10.1 Å². The number of carboxylic acid groups (broad SMARTS) is 1. The van der Waals surface area contributed by atoms with Crippen molar-refractivity contribution in [3.63, 3.8) is 0 Å². The van der Waals surface area contributed by atoms with E-state index in [1.165, 1.54) is 14.0 Å². The minimum absolute atomic E-state index is 0.0483. The van der Waals surface area contributed by atoms with Crippen LogP contribution in [0.4, 0.5) is 5.69 Å². The van der Waals surface area contributed by atoms with E-state index in [1.807, 2.05) is 0 Å². The number of carbonyl (C=O) groups excluding carboxylic acids is 2. The second-order valence-corrected chi connectivity index (χ2v) is 6.82.